The average Bonchev–Trinajstić information content (AvgIpc) is 2.89. The summed E-state index contributed by atoms with van der Waals surface area (Å²) >= 11 is 0. The van der Waals surface area contributed by atoms with Gasteiger partial charge in [-0.05, 0) is 31.0 Å². The lowest BCUT2D eigenvalue weighted by Gasteiger charge is -2.05. The van der Waals surface area contributed by atoms with Gasteiger partial charge in [-0.15, -0.1) is 0 Å². The maximum Gasteiger partial charge on any atom is 0.251 e. The highest BCUT2D eigenvalue weighted by molar-refractivity contribution is 5.94. The fourth-order valence-corrected chi connectivity index (χ4v) is 1.93. The second kappa shape index (κ2) is 6.99. The van der Waals surface area contributed by atoms with Crippen molar-refractivity contribution in [2.45, 2.75) is 25.7 Å². The number of fused-ring (bicyclic) bond motifs is 1. The molecule has 1 heterocycles. The first-order valence-corrected chi connectivity index (χ1v) is 6.60. The SMILES string of the molecule is O=C(NCCCCCCO)c1ccc2c(c1)OCO2. The van der Waals surface area contributed by atoms with Crippen molar-refractivity contribution in [2.24, 2.45) is 0 Å². The number of carbonyl (C=O) groups is 1. The Morgan fingerprint density at radius 2 is 1.95 bits per heavy atom. The third kappa shape index (κ3) is 3.86. The molecule has 1 aromatic carbocycles. The third-order valence-electron chi connectivity index (χ3n) is 3.01. The summed E-state index contributed by atoms with van der Waals surface area (Å²) in [6.07, 6.45) is 3.77. The van der Waals surface area contributed by atoms with Gasteiger partial charge >= 0.3 is 0 Å². The second-order valence-electron chi connectivity index (χ2n) is 4.46. The van der Waals surface area contributed by atoms with Crippen molar-refractivity contribution < 1.29 is 19.4 Å². The number of hydrogen-bond acceptors (Lipinski definition) is 4. The van der Waals surface area contributed by atoms with Crippen molar-refractivity contribution >= 4 is 5.91 Å². The molecule has 1 aliphatic rings. The Morgan fingerprint density at radius 1 is 1.16 bits per heavy atom. The molecule has 0 saturated heterocycles. The van der Waals surface area contributed by atoms with Gasteiger partial charge < -0.3 is 19.9 Å². The molecule has 2 rings (SSSR count). The standard InChI is InChI=1S/C14H19NO4/c16-8-4-2-1-3-7-15-14(17)11-5-6-12-13(9-11)19-10-18-12/h5-6,9,16H,1-4,7-8,10H2,(H,15,17). The number of nitrogens with one attached hydrogen (secondary N) is 1. The smallest absolute Gasteiger partial charge is 0.251 e. The van der Waals surface area contributed by atoms with Crippen LogP contribution in [-0.4, -0.2) is 31.0 Å². The number of hydrogen-bond donors (Lipinski definition) is 2. The summed E-state index contributed by atoms with van der Waals surface area (Å²) in [5, 5.41) is 11.5. The van der Waals surface area contributed by atoms with E-state index in [2.05, 4.69) is 5.32 Å². The summed E-state index contributed by atoms with van der Waals surface area (Å²) in [5.41, 5.74) is 0.583. The molecule has 0 radical (unpaired) electrons. The van der Waals surface area contributed by atoms with Crippen LogP contribution < -0.4 is 14.8 Å². The lowest BCUT2D eigenvalue weighted by molar-refractivity contribution is 0.0952. The fraction of sp³-hybridized carbons (Fsp3) is 0.500. The van der Waals surface area contributed by atoms with E-state index in [0.29, 0.717) is 23.6 Å². The lowest BCUT2D eigenvalue weighted by atomic mass is 10.1. The minimum atomic E-state index is -0.0968. The largest absolute Gasteiger partial charge is 0.454 e. The molecule has 0 atom stereocenters. The minimum Gasteiger partial charge on any atom is -0.454 e. The monoisotopic (exact) mass is 265 g/mol. The highest BCUT2D eigenvalue weighted by Gasteiger charge is 2.15. The predicted octanol–water partition coefficient (Wildman–Crippen LogP) is 1.70. The van der Waals surface area contributed by atoms with E-state index in [1.54, 1.807) is 18.2 Å². The van der Waals surface area contributed by atoms with Crippen LogP contribution in [0.1, 0.15) is 36.0 Å². The molecule has 1 aromatic rings. The quantitative estimate of drug-likeness (QED) is 0.736. The molecule has 104 valence electrons. The summed E-state index contributed by atoms with van der Waals surface area (Å²) in [7, 11) is 0. The molecule has 0 aromatic heterocycles. The number of rotatable bonds is 7. The van der Waals surface area contributed by atoms with E-state index in [9.17, 15) is 4.79 Å². The zero-order valence-electron chi connectivity index (χ0n) is 10.9. The van der Waals surface area contributed by atoms with E-state index in [-0.39, 0.29) is 19.3 Å². The van der Waals surface area contributed by atoms with Crippen molar-refractivity contribution in [3.63, 3.8) is 0 Å². The van der Waals surface area contributed by atoms with E-state index in [1.165, 1.54) is 0 Å². The van der Waals surface area contributed by atoms with Gasteiger partial charge in [-0.25, -0.2) is 0 Å². The molecule has 1 amide bonds. The second-order valence-corrected chi connectivity index (χ2v) is 4.46. The topological polar surface area (TPSA) is 67.8 Å². The van der Waals surface area contributed by atoms with Gasteiger partial charge in [-0.3, -0.25) is 4.79 Å². The van der Waals surface area contributed by atoms with Crippen LogP contribution in [0.25, 0.3) is 0 Å². The van der Waals surface area contributed by atoms with Crippen LogP contribution in [-0.2, 0) is 0 Å². The molecule has 0 unspecified atom stereocenters. The molecule has 0 saturated carbocycles. The van der Waals surface area contributed by atoms with Crippen molar-refractivity contribution in [2.75, 3.05) is 19.9 Å². The van der Waals surface area contributed by atoms with Crippen LogP contribution in [0.5, 0.6) is 11.5 Å². The van der Waals surface area contributed by atoms with Gasteiger partial charge in [-0.1, -0.05) is 12.8 Å². The Bertz CT molecular complexity index is 433. The maximum absolute atomic E-state index is 11.9. The Balaban J connectivity index is 1.74. The van der Waals surface area contributed by atoms with Crippen molar-refractivity contribution in [3.8, 4) is 11.5 Å². The predicted molar refractivity (Wildman–Crippen MR) is 70.5 cm³/mol. The Labute approximate surface area is 112 Å². The summed E-state index contributed by atoms with van der Waals surface area (Å²) in [4.78, 5) is 11.9. The van der Waals surface area contributed by atoms with E-state index in [0.717, 1.165) is 25.7 Å². The van der Waals surface area contributed by atoms with Gasteiger partial charge in [-0.2, -0.15) is 0 Å². The first kappa shape index (κ1) is 13.7. The van der Waals surface area contributed by atoms with Gasteiger partial charge in [0.05, 0.1) is 0 Å². The third-order valence-corrected chi connectivity index (χ3v) is 3.01. The average molecular weight is 265 g/mol. The number of carbonyl (C=O) groups excluding carboxylic acids is 1. The number of ether oxygens (including phenoxy) is 2. The molecular formula is C14H19NO4. The Kier molecular flexibility index (Phi) is 5.03. The Hall–Kier alpha value is -1.75. The van der Waals surface area contributed by atoms with Gasteiger partial charge in [0.25, 0.3) is 5.91 Å². The summed E-state index contributed by atoms with van der Waals surface area (Å²) in [5.74, 6) is 1.21. The zero-order chi connectivity index (χ0) is 13.5. The molecule has 19 heavy (non-hydrogen) atoms. The first-order chi connectivity index (χ1) is 9.31. The van der Waals surface area contributed by atoms with E-state index < -0.39 is 0 Å². The number of aliphatic hydroxyl groups excluding tert-OH is 1. The van der Waals surface area contributed by atoms with Crippen LogP contribution in [0, 0.1) is 0 Å². The molecule has 0 fully saturated rings. The molecule has 1 aliphatic heterocycles. The van der Waals surface area contributed by atoms with Gasteiger partial charge in [0.2, 0.25) is 6.79 Å². The van der Waals surface area contributed by atoms with Crippen molar-refractivity contribution in [1.29, 1.82) is 0 Å². The number of unbranched alkanes of at least 4 members (excludes halogenated alkanes) is 3. The maximum atomic E-state index is 11.9. The van der Waals surface area contributed by atoms with Crippen molar-refractivity contribution in [1.82, 2.24) is 5.32 Å². The molecule has 0 aliphatic carbocycles. The van der Waals surface area contributed by atoms with Gasteiger partial charge in [0.1, 0.15) is 0 Å². The van der Waals surface area contributed by atoms with E-state index in [1.807, 2.05) is 0 Å². The Morgan fingerprint density at radius 3 is 2.79 bits per heavy atom. The lowest BCUT2D eigenvalue weighted by Crippen LogP contribution is -2.24. The number of aliphatic hydroxyl groups is 1. The van der Waals surface area contributed by atoms with Gasteiger partial charge in [0, 0.05) is 18.7 Å². The molecule has 0 spiro atoms. The van der Waals surface area contributed by atoms with E-state index >= 15 is 0 Å². The first-order valence-electron chi connectivity index (χ1n) is 6.60. The molecular weight excluding hydrogens is 246 g/mol. The molecule has 5 heteroatoms. The fourth-order valence-electron chi connectivity index (χ4n) is 1.93. The van der Waals surface area contributed by atoms with Crippen LogP contribution in [0.15, 0.2) is 18.2 Å². The van der Waals surface area contributed by atoms with Crippen molar-refractivity contribution in [3.05, 3.63) is 23.8 Å². The number of amides is 1. The molecule has 2 N–H and O–H groups in total. The highest BCUT2D eigenvalue weighted by atomic mass is 16.7. The molecule has 5 nitrogen and oxygen atoms in total. The van der Waals surface area contributed by atoms with Crippen LogP contribution in [0.4, 0.5) is 0 Å². The summed E-state index contributed by atoms with van der Waals surface area (Å²) in [6, 6.07) is 5.18. The number of benzene rings is 1. The summed E-state index contributed by atoms with van der Waals surface area (Å²) < 4.78 is 10.4. The molecule has 0 bridgehead atoms. The van der Waals surface area contributed by atoms with Crippen LogP contribution in [0.2, 0.25) is 0 Å². The minimum absolute atomic E-state index is 0.0968. The zero-order valence-corrected chi connectivity index (χ0v) is 10.9. The van der Waals surface area contributed by atoms with E-state index in [4.69, 9.17) is 14.6 Å². The van der Waals surface area contributed by atoms with Gasteiger partial charge in [0.15, 0.2) is 11.5 Å². The van der Waals surface area contributed by atoms with Crippen LogP contribution >= 0.6 is 0 Å². The normalized spacial score (nSPS) is 12.5. The van der Waals surface area contributed by atoms with Crippen LogP contribution in [0.3, 0.4) is 0 Å². The highest BCUT2D eigenvalue weighted by Crippen LogP contribution is 2.32. The summed E-state index contributed by atoms with van der Waals surface area (Å²) in [6.45, 7) is 1.10.